The fourth-order valence-electron chi connectivity index (χ4n) is 3.91. The fourth-order valence-corrected chi connectivity index (χ4v) is 3.91. The van der Waals surface area contributed by atoms with E-state index in [4.69, 9.17) is 0 Å². The number of nitrogens with zero attached hydrogens (tertiary/aromatic N) is 1. The van der Waals surface area contributed by atoms with Crippen molar-refractivity contribution < 1.29 is 4.79 Å². The lowest BCUT2D eigenvalue weighted by molar-refractivity contribution is -0.115. The quantitative estimate of drug-likeness (QED) is 0.623. The van der Waals surface area contributed by atoms with Crippen LogP contribution >= 0.6 is 0 Å². The number of carbonyl (C=O) groups is 1. The summed E-state index contributed by atoms with van der Waals surface area (Å²) in [5, 5.41) is 1.24. The van der Waals surface area contributed by atoms with Crippen LogP contribution < -0.4 is 0 Å². The van der Waals surface area contributed by atoms with Crippen molar-refractivity contribution in [1.29, 1.82) is 0 Å². The first kappa shape index (κ1) is 14.9. The minimum absolute atomic E-state index is 0.295. The van der Waals surface area contributed by atoms with E-state index in [1.54, 1.807) is 0 Å². The normalized spacial score (nSPS) is 15.3. The van der Waals surface area contributed by atoms with Gasteiger partial charge in [-0.2, -0.15) is 0 Å². The molecule has 1 aliphatic carbocycles. The smallest absolute Gasteiger partial charge is 0.158 e. The third-order valence-electron chi connectivity index (χ3n) is 5.16. The first-order valence-electron chi connectivity index (χ1n) is 8.54. The van der Waals surface area contributed by atoms with Crippen LogP contribution in [0.3, 0.4) is 0 Å². The zero-order valence-electron chi connectivity index (χ0n) is 14.2. The molecule has 1 heterocycles. The molecule has 120 valence electrons. The molecule has 2 heteroatoms. The van der Waals surface area contributed by atoms with Gasteiger partial charge in [-0.3, -0.25) is 4.79 Å². The Morgan fingerprint density at radius 3 is 2.42 bits per heavy atom. The molecule has 0 fully saturated rings. The summed E-state index contributed by atoms with van der Waals surface area (Å²) in [6, 6.07) is 19.0. The molecule has 0 saturated carbocycles. The molecular formula is C22H21NO. The topological polar surface area (TPSA) is 22.0 Å². The van der Waals surface area contributed by atoms with Crippen molar-refractivity contribution in [3.05, 3.63) is 65.7 Å². The molecule has 0 N–H and O–H groups in total. The molecule has 0 saturated heterocycles. The van der Waals surface area contributed by atoms with Gasteiger partial charge in [0.1, 0.15) is 0 Å². The number of fused-ring (bicyclic) bond motifs is 1. The number of allylic oxidation sites excluding steroid dienone is 2. The molecule has 0 aliphatic heterocycles. The summed E-state index contributed by atoms with van der Waals surface area (Å²) >= 11 is 0. The largest absolute Gasteiger partial charge is 0.343 e. The number of rotatable bonds is 2. The summed E-state index contributed by atoms with van der Waals surface area (Å²) in [5.74, 6) is 0.295. The predicted molar refractivity (Wildman–Crippen MR) is 99.8 cm³/mol. The van der Waals surface area contributed by atoms with Crippen molar-refractivity contribution in [1.82, 2.24) is 4.57 Å². The van der Waals surface area contributed by atoms with E-state index in [9.17, 15) is 4.79 Å². The van der Waals surface area contributed by atoms with Gasteiger partial charge in [-0.1, -0.05) is 48.5 Å². The van der Waals surface area contributed by atoms with Crippen LogP contribution in [0.4, 0.5) is 0 Å². The molecule has 1 aromatic heterocycles. The highest BCUT2D eigenvalue weighted by atomic mass is 16.1. The summed E-state index contributed by atoms with van der Waals surface area (Å²) in [6.45, 7) is 1.99. The molecule has 0 spiro atoms. The van der Waals surface area contributed by atoms with Crippen LogP contribution in [0.2, 0.25) is 0 Å². The SMILES string of the molecule is CC1=C(c2c(-c3ccccc3)n(C)c3ccccc23)CCCC1=O. The summed E-state index contributed by atoms with van der Waals surface area (Å²) < 4.78 is 2.26. The van der Waals surface area contributed by atoms with Gasteiger partial charge in [-0.25, -0.2) is 0 Å². The van der Waals surface area contributed by atoms with E-state index in [0.29, 0.717) is 12.2 Å². The third-order valence-corrected chi connectivity index (χ3v) is 5.16. The Labute approximate surface area is 142 Å². The molecule has 2 aromatic carbocycles. The maximum Gasteiger partial charge on any atom is 0.158 e. The third kappa shape index (κ3) is 2.22. The van der Waals surface area contributed by atoms with Gasteiger partial charge < -0.3 is 4.57 Å². The van der Waals surface area contributed by atoms with Gasteiger partial charge >= 0.3 is 0 Å². The first-order chi connectivity index (χ1) is 11.7. The molecule has 0 amide bonds. The van der Waals surface area contributed by atoms with E-state index < -0.39 is 0 Å². The number of carbonyl (C=O) groups excluding carboxylic acids is 1. The van der Waals surface area contributed by atoms with Crippen LogP contribution in [0.25, 0.3) is 27.7 Å². The lowest BCUT2D eigenvalue weighted by Gasteiger charge is -2.19. The average molecular weight is 315 g/mol. The van der Waals surface area contributed by atoms with Crippen LogP contribution in [0, 0.1) is 0 Å². The number of ketones is 1. The highest BCUT2D eigenvalue weighted by molar-refractivity contribution is 6.09. The molecule has 0 bridgehead atoms. The molecular weight excluding hydrogens is 294 g/mol. The lowest BCUT2D eigenvalue weighted by Crippen LogP contribution is -2.09. The van der Waals surface area contributed by atoms with Crippen molar-refractivity contribution in [2.45, 2.75) is 26.2 Å². The van der Waals surface area contributed by atoms with Crippen molar-refractivity contribution in [2.75, 3.05) is 0 Å². The van der Waals surface area contributed by atoms with E-state index in [2.05, 4.69) is 60.1 Å². The Kier molecular flexibility index (Phi) is 3.61. The van der Waals surface area contributed by atoms with Crippen molar-refractivity contribution in [2.24, 2.45) is 7.05 Å². The number of para-hydroxylation sites is 1. The Bertz CT molecular complexity index is 960. The van der Waals surface area contributed by atoms with E-state index in [0.717, 1.165) is 18.4 Å². The van der Waals surface area contributed by atoms with Gasteiger partial charge in [0.05, 0.1) is 5.69 Å². The summed E-state index contributed by atoms with van der Waals surface area (Å²) in [6.07, 6.45) is 2.61. The summed E-state index contributed by atoms with van der Waals surface area (Å²) in [5.41, 5.74) is 7.02. The van der Waals surface area contributed by atoms with Gasteiger partial charge in [0.15, 0.2) is 5.78 Å². The second kappa shape index (κ2) is 5.79. The zero-order chi connectivity index (χ0) is 16.7. The van der Waals surface area contributed by atoms with Crippen LogP contribution in [-0.4, -0.2) is 10.4 Å². The van der Waals surface area contributed by atoms with E-state index in [-0.39, 0.29) is 0 Å². The molecule has 1 aliphatic rings. The number of Topliss-reactive ketones (excluding diaryl/α,β-unsaturated/α-hetero) is 1. The monoisotopic (exact) mass is 315 g/mol. The Balaban J connectivity index is 2.11. The fraction of sp³-hybridized carbons (Fsp3) is 0.227. The zero-order valence-corrected chi connectivity index (χ0v) is 14.2. The predicted octanol–water partition coefficient (Wildman–Crippen LogP) is 5.37. The van der Waals surface area contributed by atoms with Crippen LogP contribution in [-0.2, 0) is 11.8 Å². The second-order valence-corrected chi connectivity index (χ2v) is 6.55. The van der Waals surface area contributed by atoms with Gasteiger partial charge in [-0.05, 0) is 42.5 Å². The van der Waals surface area contributed by atoms with Gasteiger partial charge in [0.2, 0.25) is 0 Å². The average Bonchev–Trinajstić information content (AvgIpc) is 2.91. The summed E-state index contributed by atoms with van der Waals surface area (Å²) in [4.78, 5) is 12.3. The Hall–Kier alpha value is -2.61. The second-order valence-electron chi connectivity index (χ2n) is 6.55. The van der Waals surface area contributed by atoms with E-state index in [1.807, 2.05) is 13.0 Å². The molecule has 0 atom stereocenters. The summed E-state index contributed by atoms with van der Waals surface area (Å²) in [7, 11) is 2.12. The van der Waals surface area contributed by atoms with Crippen molar-refractivity contribution in [3.8, 4) is 11.3 Å². The van der Waals surface area contributed by atoms with Crippen molar-refractivity contribution >= 4 is 22.3 Å². The molecule has 2 nitrogen and oxygen atoms in total. The molecule has 0 radical (unpaired) electrons. The molecule has 4 rings (SSSR count). The lowest BCUT2D eigenvalue weighted by atomic mass is 9.85. The maximum absolute atomic E-state index is 12.3. The van der Waals surface area contributed by atoms with Gasteiger partial charge in [-0.15, -0.1) is 0 Å². The van der Waals surface area contributed by atoms with E-state index in [1.165, 1.54) is 33.3 Å². The van der Waals surface area contributed by atoms with Gasteiger partial charge in [0.25, 0.3) is 0 Å². The van der Waals surface area contributed by atoms with Gasteiger partial charge in [0, 0.05) is 29.9 Å². The molecule has 24 heavy (non-hydrogen) atoms. The number of aryl methyl sites for hydroxylation is 1. The minimum atomic E-state index is 0.295. The van der Waals surface area contributed by atoms with Crippen LogP contribution in [0.15, 0.2) is 60.2 Å². The number of hydrogen-bond donors (Lipinski definition) is 0. The standard InChI is InChI=1S/C22H21NO/c1-15-17(12-8-14-20(15)24)21-18-11-6-7-13-19(18)23(2)22(21)16-9-4-3-5-10-16/h3-7,9-11,13H,8,12,14H2,1-2H3. The molecule has 0 unspecified atom stereocenters. The molecule has 3 aromatic rings. The number of benzene rings is 2. The highest BCUT2D eigenvalue weighted by Crippen LogP contribution is 2.42. The number of hydrogen-bond acceptors (Lipinski definition) is 1. The van der Waals surface area contributed by atoms with Crippen LogP contribution in [0.5, 0.6) is 0 Å². The van der Waals surface area contributed by atoms with Crippen molar-refractivity contribution in [3.63, 3.8) is 0 Å². The van der Waals surface area contributed by atoms with E-state index >= 15 is 0 Å². The minimum Gasteiger partial charge on any atom is -0.343 e. The maximum atomic E-state index is 12.3. The Morgan fingerprint density at radius 1 is 0.917 bits per heavy atom. The van der Waals surface area contributed by atoms with Crippen LogP contribution in [0.1, 0.15) is 31.7 Å². The Morgan fingerprint density at radius 2 is 1.62 bits per heavy atom. The number of aromatic nitrogens is 1. The first-order valence-corrected chi connectivity index (χ1v) is 8.54. The highest BCUT2D eigenvalue weighted by Gasteiger charge is 2.25.